The van der Waals surface area contributed by atoms with Gasteiger partial charge >= 0.3 is 6.18 Å². The van der Waals surface area contributed by atoms with Gasteiger partial charge in [-0.15, -0.1) is 0 Å². The van der Waals surface area contributed by atoms with Gasteiger partial charge in [-0.1, -0.05) is 6.07 Å². The highest BCUT2D eigenvalue weighted by Gasteiger charge is 2.34. The number of aryl methyl sites for hydroxylation is 1. The zero-order valence-corrected chi connectivity index (χ0v) is 11.3. The Bertz CT molecular complexity index is 567. The molecule has 0 unspecified atom stereocenters. The van der Waals surface area contributed by atoms with Crippen molar-refractivity contribution in [3.8, 4) is 5.75 Å². The van der Waals surface area contributed by atoms with Crippen molar-refractivity contribution in [2.24, 2.45) is 5.73 Å². The van der Waals surface area contributed by atoms with Crippen LogP contribution in [0.15, 0.2) is 36.9 Å². The molecule has 21 heavy (non-hydrogen) atoms. The van der Waals surface area contributed by atoms with Crippen LogP contribution in [0.5, 0.6) is 5.75 Å². The summed E-state index contributed by atoms with van der Waals surface area (Å²) in [5.41, 5.74) is 5.01. The fourth-order valence-electron chi connectivity index (χ4n) is 1.90. The van der Waals surface area contributed by atoms with E-state index in [9.17, 15) is 13.2 Å². The van der Waals surface area contributed by atoms with Crippen LogP contribution in [0.25, 0.3) is 0 Å². The van der Waals surface area contributed by atoms with Crippen LogP contribution in [0.3, 0.4) is 0 Å². The van der Waals surface area contributed by atoms with Crippen molar-refractivity contribution in [1.82, 2.24) is 9.55 Å². The van der Waals surface area contributed by atoms with Crippen LogP contribution < -0.4 is 10.5 Å². The number of alkyl halides is 3. The molecule has 0 saturated heterocycles. The molecular formula is C14H16F3N3O. The molecule has 1 aromatic heterocycles. The van der Waals surface area contributed by atoms with Gasteiger partial charge in [-0.2, -0.15) is 13.2 Å². The molecule has 2 N–H and O–H groups in total. The molecule has 0 spiro atoms. The van der Waals surface area contributed by atoms with E-state index in [-0.39, 0.29) is 18.9 Å². The Labute approximate surface area is 120 Å². The third kappa shape index (κ3) is 4.22. The summed E-state index contributed by atoms with van der Waals surface area (Å²) in [5.74, 6) is -0.162. The molecule has 114 valence electrons. The van der Waals surface area contributed by atoms with Crippen LogP contribution in [0.1, 0.15) is 17.5 Å². The molecule has 0 fully saturated rings. The van der Waals surface area contributed by atoms with Crippen LogP contribution in [0.4, 0.5) is 13.2 Å². The van der Waals surface area contributed by atoms with E-state index in [1.165, 1.54) is 6.07 Å². The van der Waals surface area contributed by atoms with Gasteiger partial charge in [0.2, 0.25) is 0 Å². The molecule has 0 amide bonds. The number of rotatable bonds is 6. The molecule has 0 aliphatic heterocycles. The minimum absolute atomic E-state index is 0.0595. The lowest BCUT2D eigenvalue weighted by Crippen LogP contribution is -2.11. The average molecular weight is 299 g/mol. The number of nitrogens with two attached hydrogens (primary N) is 1. The molecule has 2 rings (SSSR count). The molecular weight excluding hydrogens is 283 g/mol. The number of nitrogens with zero attached hydrogens (tertiary/aromatic N) is 2. The zero-order chi connectivity index (χ0) is 15.3. The second-order valence-electron chi connectivity index (χ2n) is 4.53. The van der Waals surface area contributed by atoms with Gasteiger partial charge in [-0.05, 0) is 24.1 Å². The summed E-state index contributed by atoms with van der Waals surface area (Å²) >= 11 is 0. The third-order valence-electron chi connectivity index (χ3n) is 2.96. The molecule has 4 nitrogen and oxygen atoms in total. The topological polar surface area (TPSA) is 53.1 Å². The zero-order valence-electron chi connectivity index (χ0n) is 11.3. The van der Waals surface area contributed by atoms with Crippen LogP contribution in [0, 0.1) is 0 Å². The molecule has 0 aliphatic rings. The molecule has 1 aromatic carbocycles. The Hall–Kier alpha value is -2.02. The van der Waals surface area contributed by atoms with E-state index in [0.717, 1.165) is 6.07 Å². The summed E-state index contributed by atoms with van der Waals surface area (Å²) in [6.07, 6.45) is 1.22. The van der Waals surface area contributed by atoms with Crippen molar-refractivity contribution in [2.75, 3.05) is 6.61 Å². The van der Waals surface area contributed by atoms with E-state index in [2.05, 4.69) is 4.98 Å². The van der Waals surface area contributed by atoms with Crippen molar-refractivity contribution in [1.29, 1.82) is 0 Å². The SMILES string of the molecule is NCc1ccc(OCCCn2ccnc2)c(C(F)(F)F)c1. The minimum Gasteiger partial charge on any atom is -0.493 e. The predicted molar refractivity (Wildman–Crippen MR) is 71.7 cm³/mol. The van der Waals surface area contributed by atoms with Gasteiger partial charge in [-0.25, -0.2) is 4.98 Å². The quantitative estimate of drug-likeness (QED) is 0.835. The molecule has 2 aromatic rings. The van der Waals surface area contributed by atoms with E-state index >= 15 is 0 Å². The Morgan fingerprint density at radius 3 is 2.71 bits per heavy atom. The maximum Gasteiger partial charge on any atom is 0.419 e. The molecule has 0 bridgehead atoms. The molecule has 1 heterocycles. The molecule has 0 radical (unpaired) electrons. The first-order valence-corrected chi connectivity index (χ1v) is 6.49. The minimum atomic E-state index is -4.45. The normalized spacial score (nSPS) is 11.6. The summed E-state index contributed by atoms with van der Waals surface area (Å²) < 4.78 is 46.0. The van der Waals surface area contributed by atoms with E-state index < -0.39 is 11.7 Å². The van der Waals surface area contributed by atoms with Gasteiger partial charge in [0, 0.05) is 25.5 Å². The van der Waals surface area contributed by atoms with Crippen molar-refractivity contribution in [3.63, 3.8) is 0 Å². The van der Waals surface area contributed by atoms with Crippen molar-refractivity contribution >= 4 is 0 Å². The maximum absolute atomic E-state index is 13.0. The van der Waals surface area contributed by atoms with Crippen LogP contribution in [-0.2, 0) is 19.3 Å². The van der Waals surface area contributed by atoms with Crippen molar-refractivity contribution < 1.29 is 17.9 Å². The Balaban J connectivity index is 1.98. The number of hydrogen-bond donors (Lipinski definition) is 1. The summed E-state index contributed by atoms with van der Waals surface area (Å²) in [7, 11) is 0. The smallest absolute Gasteiger partial charge is 0.419 e. The number of aromatic nitrogens is 2. The lowest BCUT2D eigenvalue weighted by Gasteiger charge is -2.15. The summed E-state index contributed by atoms with van der Waals surface area (Å²) in [5, 5.41) is 0. The lowest BCUT2D eigenvalue weighted by molar-refractivity contribution is -0.139. The van der Waals surface area contributed by atoms with Crippen molar-refractivity contribution in [2.45, 2.75) is 25.7 Å². The second-order valence-corrected chi connectivity index (χ2v) is 4.53. The van der Waals surface area contributed by atoms with E-state index in [1.807, 2.05) is 4.57 Å². The lowest BCUT2D eigenvalue weighted by atomic mass is 10.1. The molecule has 7 heteroatoms. The van der Waals surface area contributed by atoms with Crippen LogP contribution >= 0.6 is 0 Å². The van der Waals surface area contributed by atoms with Gasteiger partial charge in [-0.3, -0.25) is 0 Å². The highest BCUT2D eigenvalue weighted by Crippen LogP contribution is 2.36. The largest absolute Gasteiger partial charge is 0.493 e. The summed E-state index contributed by atoms with van der Waals surface area (Å²) in [6.45, 7) is 0.898. The predicted octanol–water partition coefficient (Wildman–Crippen LogP) is 2.83. The summed E-state index contributed by atoms with van der Waals surface area (Å²) in [4.78, 5) is 3.89. The number of ether oxygens (including phenoxy) is 1. The Morgan fingerprint density at radius 1 is 1.29 bits per heavy atom. The standard InChI is InChI=1S/C14H16F3N3O/c15-14(16,17)12-8-11(9-18)2-3-13(12)21-7-1-5-20-6-4-19-10-20/h2-4,6,8,10H,1,5,7,9,18H2. The number of benzene rings is 1. The van der Waals surface area contributed by atoms with Gasteiger partial charge < -0.3 is 15.0 Å². The first-order valence-electron chi connectivity index (χ1n) is 6.49. The number of halogens is 3. The number of imidazole rings is 1. The Morgan fingerprint density at radius 2 is 2.10 bits per heavy atom. The number of hydrogen-bond acceptors (Lipinski definition) is 3. The van der Waals surface area contributed by atoms with Gasteiger partial charge in [0.25, 0.3) is 0 Å². The highest BCUT2D eigenvalue weighted by atomic mass is 19.4. The fraction of sp³-hybridized carbons (Fsp3) is 0.357. The van der Waals surface area contributed by atoms with Gasteiger partial charge in [0.1, 0.15) is 5.75 Å². The van der Waals surface area contributed by atoms with E-state index in [0.29, 0.717) is 18.5 Å². The third-order valence-corrected chi connectivity index (χ3v) is 2.96. The molecule has 0 atom stereocenters. The van der Waals surface area contributed by atoms with Gasteiger partial charge in [0.15, 0.2) is 0 Å². The highest BCUT2D eigenvalue weighted by molar-refractivity contribution is 5.39. The molecule has 0 saturated carbocycles. The molecule has 0 aliphatic carbocycles. The first kappa shape index (κ1) is 15.4. The van der Waals surface area contributed by atoms with Crippen LogP contribution in [-0.4, -0.2) is 16.2 Å². The van der Waals surface area contributed by atoms with Crippen molar-refractivity contribution in [3.05, 3.63) is 48.0 Å². The Kier molecular flexibility index (Phi) is 4.85. The first-order chi connectivity index (χ1) is 10.0. The summed E-state index contributed by atoms with van der Waals surface area (Å²) in [6, 6.07) is 3.90. The maximum atomic E-state index is 13.0. The van der Waals surface area contributed by atoms with E-state index in [4.69, 9.17) is 10.5 Å². The van der Waals surface area contributed by atoms with Crippen LogP contribution in [0.2, 0.25) is 0 Å². The van der Waals surface area contributed by atoms with Gasteiger partial charge in [0.05, 0.1) is 18.5 Å². The monoisotopic (exact) mass is 299 g/mol. The average Bonchev–Trinajstić information content (AvgIpc) is 2.96. The fourth-order valence-corrected chi connectivity index (χ4v) is 1.90. The van der Waals surface area contributed by atoms with E-state index in [1.54, 1.807) is 24.8 Å². The second kappa shape index (κ2) is 6.62.